The molecule has 202 valence electrons. The van der Waals surface area contributed by atoms with Crippen LogP contribution in [-0.2, 0) is 0 Å². The van der Waals surface area contributed by atoms with Gasteiger partial charge in [0.2, 0.25) is 0 Å². The van der Waals surface area contributed by atoms with E-state index < -0.39 is 17.4 Å². The monoisotopic (exact) mass is 523 g/mol. The Hall–Kier alpha value is -3.23. The maximum absolute atomic E-state index is 13.4. The summed E-state index contributed by atoms with van der Waals surface area (Å²) in [5, 5.41) is 12.2. The number of carbonyl (C=O) groups excluding carboxylic acids is 1. The van der Waals surface area contributed by atoms with Crippen molar-refractivity contribution >= 4 is 16.7 Å². The van der Waals surface area contributed by atoms with Gasteiger partial charge >= 0.3 is 0 Å². The molecule has 0 saturated carbocycles. The highest BCUT2D eigenvalue weighted by atomic mass is 19.1. The number of halogens is 2. The van der Waals surface area contributed by atoms with Gasteiger partial charge < -0.3 is 24.6 Å². The Kier molecular flexibility index (Phi) is 8.09. The van der Waals surface area contributed by atoms with Crippen molar-refractivity contribution in [3.8, 4) is 5.75 Å². The second kappa shape index (κ2) is 11.7. The zero-order valence-electron chi connectivity index (χ0n) is 21.7. The number of likely N-dealkylation sites (tertiary alicyclic amines) is 2. The zero-order valence-corrected chi connectivity index (χ0v) is 21.7. The van der Waals surface area contributed by atoms with E-state index in [1.165, 1.54) is 17.0 Å². The van der Waals surface area contributed by atoms with Crippen molar-refractivity contribution in [2.24, 2.45) is 5.92 Å². The second-order valence-corrected chi connectivity index (χ2v) is 10.5. The molecule has 1 unspecified atom stereocenters. The first-order valence-corrected chi connectivity index (χ1v) is 13.4. The Morgan fingerprint density at radius 3 is 2.47 bits per heavy atom. The van der Waals surface area contributed by atoms with Crippen molar-refractivity contribution < 1.29 is 23.4 Å². The summed E-state index contributed by atoms with van der Waals surface area (Å²) < 4.78 is 32.2. The summed E-state index contributed by atoms with van der Waals surface area (Å²) in [6.07, 6.45) is 8.59. The first kappa shape index (κ1) is 26.4. The first-order valence-electron chi connectivity index (χ1n) is 13.4. The summed E-state index contributed by atoms with van der Waals surface area (Å²) in [5.41, 5.74) is 2.48. The van der Waals surface area contributed by atoms with Crippen molar-refractivity contribution in [3.63, 3.8) is 0 Å². The molecule has 1 aromatic heterocycles. The third kappa shape index (κ3) is 6.08. The number of hydrogen-bond donors (Lipinski definition) is 2. The van der Waals surface area contributed by atoms with Gasteiger partial charge in [-0.3, -0.25) is 4.79 Å². The smallest absolute Gasteiger partial charge is 0.187 e. The number of methoxy groups -OCH3 is 1. The van der Waals surface area contributed by atoms with Crippen molar-refractivity contribution in [2.45, 2.75) is 37.7 Å². The lowest BCUT2D eigenvalue weighted by atomic mass is 9.87. The second-order valence-electron chi connectivity index (χ2n) is 10.5. The molecule has 8 heteroatoms. The van der Waals surface area contributed by atoms with Crippen molar-refractivity contribution in [1.29, 1.82) is 0 Å². The van der Waals surface area contributed by atoms with Gasteiger partial charge in [0.25, 0.3) is 0 Å². The van der Waals surface area contributed by atoms with Gasteiger partial charge in [-0.15, -0.1) is 0 Å². The molecule has 1 atom stereocenters. The Labute approximate surface area is 221 Å². The van der Waals surface area contributed by atoms with E-state index in [0.29, 0.717) is 12.5 Å². The largest absolute Gasteiger partial charge is 0.497 e. The van der Waals surface area contributed by atoms with Crippen LogP contribution in [0.1, 0.15) is 47.5 Å². The van der Waals surface area contributed by atoms with Crippen LogP contribution < -0.4 is 4.74 Å². The van der Waals surface area contributed by atoms with Crippen molar-refractivity contribution in [2.75, 3.05) is 39.8 Å². The Morgan fingerprint density at radius 2 is 1.79 bits per heavy atom. The highest BCUT2D eigenvalue weighted by molar-refractivity contribution is 6.04. The molecule has 0 radical (unpaired) electrons. The molecule has 2 saturated heterocycles. The third-order valence-electron chi connectivity index (χ3n) is 8.10. The van der Waals surface area contributed by atoms with E-state index in [-0.39, 0.29) is 17.6 Å². The van der Waals surface area contributed by atoms with E-state index in [1.807, 2.05) is 11.0 Å². The predicted molar refractivity (Wildman–Crippen MR) is 143 cm³/mol. The maximum Gasteiger partial charge on any atom is 0.187 e. The van der Waals surface area contributed by atoms with Gasteiger partial charge in [-0.2, -0.15) is 0 Å². The van der Waals surface area contributed by atoms with Crippen LogP contribution in [0.2, 0.25) is 0 Å². The highest BCUT2D eigenvalue weighted by Gasteiger charge is 2.29. The number of aromatic amines is 1. The lowest BCUT2D eigenvalue weighted by molar-refractivity contribution is 0.0319. The third-order valence-corrected chi connectivity index (χ3v) is 8.10. The summed E-state index contributed by atoms with van der Waals surface area (Å²) in [6.45, 7) is 4.06. The molecule has 0 amide bonds. The minimum Gasteiger partial charge on any atom is -0.497 e. The number of aromatic nitrogens is 1. The molecule has 0 aliphatic carbocycles. The minimum absolute atomic E-state index is 0.00255. The number of H-pyrrole nitrogens is 1. The molecular formula is C30H35F2N3O3. The van der Waals surface area contributed by atoms with Crippen molar-refractivity contribution in [1.82, 2.24) is 14.8 Å². The van der Waals surface area contributed by atoms with Gasteiger partial charge in [-0.1, -0.05) is 0 Å². The summed E-state index contributed by atoms with van der Waals surface area (Å²) in [5.74, 6) is -0.383. The Balaban J connectivity index is 1.07. The number of fused-ring (bicyclic) bond motifs is 1. The van der Waals surface area contributed by atoms with E-state index in [2.05, 4.69) is 28.2 Å². The molecule has 38 heavy (non-hydrogen) atoms. The highest BCUT2D eigenvalue weighted by Crippen LogP contribution is 2.35. The standard InChI is InChI=1S/C30H35F2N3O3/c1-38-25-2-3-28-26(17-25)27(18-33-28)20-4-11-35(12-5-20)19-30(37)21-6-9-34(10-7-21)13-8-29(36)22-14-23(31)16-24(32)15-22/h2-3,8,13-18,20-21,30,33,37H,4-7,9-12,19H2,1H3. The number of benzene rings is 2. The molecule has 5 rings (SSSR count). The predicted octanol–water partition coefficient (Wildman–Crippen LogP) is 5.10. The number of piperidine rings is 2. The topological polar surface area (TPSA) is 68.8 Å². The zero-order chi connectivity index (χ0) is 26.6. The lowest BCUT2D eigenvalue weighted by Crippen LogP contribution is -2.43. The quantitative estimate of drug-likeness (QED) is 0.318. The number of nitrogens with zero attached hydrogens (tertiary/aromatic N) is 2. The summed E-state index contributed by atoms with van der Waals surface area (Å²) in [7, 11) is 1.69. The first-order chi connectivity index (χ1) is 18.4. The van der Waals surface area contributed by atoms with E-state index in [0.717, 1.165) is 81.3 Å². The SMILES string of the molecule is COc1ccc2[nH]cc(C3CCN(CC(O)C4CCN(C=CC(=O)c5cc(F)cc(F)c5)CC4)CC3)c2c1. The Morgan fingerprint density at radius 1 is 1.08 bits per heavy atom. The molecule has 2 aliphatic rings. The number of β-amino-alcohol motifs (C(OH)–C–C–N with tert-alkyl or cyclic N) is 1. The average molecular weight is 524 g/mol. The molecule has 2 N–H and O–H groups in total. The van der Waals surface area contributed by atoms with E-state index in [9.17, 15) is 18.7 Å². The molecule has 0 bridgehead atoms. The molecule has 3 heterocycles. The molecule has 6 nitrogen and oxygen atoms in total. The molecule has 3 aromatic rings. The molecule has 0 spiro atoms. The van der Waals surface area contributed by atoms with Crippen LogP contribution in [0.3, 0.4) is 0 Å². The van der Waals surface area contributed by atoms with Crippen LogP contribution >= 0.6 is 0 Å². The fraction of sp³-hybridized carbons (Fsp3) is 0.433. The molecule has 2 aromatic carbocycles. The fourth-order valence-corrected chi connectivity index (χ4v) is 5.84. The van der Waals surface area contributed by atoms with Crippen LogP contribution in [0.4, 0.5) is 8.78 Å². The van der Waals surface area contributed by atoms with E-state index in [1.54, 1.807) is 13.3 Å². The number of ether oxygens (including phenoxy) is 1. The van der Waals surface area contributed by atoms with Gasteiger partial charge in [0.15, 0.2) is 5.78 Å². The van der Waals surface area contributed by atoms with Gasteiger partial charge in [-0.05, 0) is 86.5 Å². The van der Waals surface area contributed by atoms with E-state index >= 15 is 0 Å². The Bertz CT molecular complexity index is 1270. The van der Waals surface area contributed by atoms with Crippen molar-refractivity contribution in [3.05, 3.63) is 77.6 Å². The van der Waals surface area contributed by atoms with Gasteiger partial charge in [-0.25, -0.2) is 8.78 Å². The van der Waals surface area contributed by atoms with E-state index in [4.69, 9.17) is 4.74 Å². The average Bonchev–Trinajstić information content (AvgIpc) is 3.35. The maximum atomic E-state index is 13.4. The number of aliphatic hydroxyl groups excluding tert-OH is 1. The van der Waals surface area contributed by atoms with Crippen LogP contribution in [0.15, 0.2) is 54.9 Å². The number of rotatable bonds is 8. The minimum atomic E-state index is -0.764. The van der Waals surface area contributed by atoms with Gasteiger partial charge in [0.1, 0.15) is 17.4 Å². The van der Waals surface area contributed by atoms with Crippen LogP contribution in [0, 0.1) is 17.6 Å². The van der Waals surface area contributed by atoms with Gasteiger partial charge in [0, 0.05) is 60.6 Å². The molecule has 2 fully saturated rings. The number of carbonyl (C=O) groups is 1. The van der Waals surface area contributed by atoms with Crippen LogP contribution in [0.5, 0.6) is 5.75 Å². The summed E-state index contributed by atoms with van der Waals surface area (Å²) in [6, 6.07) is 8.98. The number of allylic oxidation sites excluding steroid dienone is 1. The van der Waals surface area contributed by atoms with Crippen LogP contribution in [0.25, 0.3) is 10.9 Å². The summed E-state index contributed by atoms with van der Waals surface area (Å²) >= 11 is 0. The normalized spacial score (nSPS) is 18.9. The number of ketones is 1. The lowest BCUT2D eigenvalue weighted by Gasteiger charge is -2.37. The number of nitrogens with one attached hydrogen (secondary N) is 1. The van der Waals surface area contributed by atoms with Crippen LogP contribution in [-0.4, -0.2) is 71.6 Å². The molecule has 2 aliphatic heterocycles. The molecular weight excluding hydrogens is 488 g/mol. The fourth-order valence-electron chi connectivity index (χ4n) is 5.84. The van der Waals surface area contributed by atoms with Gasteiger partial charge in [0.05, 0.1) is 13.2 Å². The summed E-state index contributed by atoms with van der Waals surface area (Å²) in [4.78, 5) is 20.1. The number of hydrogen-bond acceptors (Lipinski definition) is 5. The number of aliphatic hydroxyl groups is 1.